The summed E-state index contributed by atoms with van der Waals surface area (Å²) in [5, 5.41) is 2.36. The highest BCUT2D eigenvalue weighted by molar-refractivity contribution is 6.04. The number of fused-ring (bicyclic) bond motifs is 1. The van der Waals surface area contributed by atoms with Crippen LogP contribution in [0.3, 0.4) is 0 Å². The number of carbonyl (C=O) groups excluding carboxylic acids is 1. The lowest BCUT2D eigenvalue weighted by Gasteiger charge is -2.09. The van der Waals surface area contributed by atoms with Gasteiger partial charge in [-0.25, -0.2) is 8.78 Å². The van der Waals surface area contributed by atoms with E-state index >= 15 is 0 Å². The van der Waals surface area contributed by atoms with E-state index in [4.69, 9.17) is 0 Å². The second-order valence-corrected chi connectivity index (χ2v) is 6.26. The summed E-state index contributed by atoms with van der Waals surface area (Å²) in [6.45, 7) is 1.69. The molecule has 3 aromatic rings. The molecule has 0 saturated carbocycles. The van der Waals surface area contributed by atoms with Gasteiger partial charge in [0.25, 0.3) is 5.91 Å². The van der Waals surface area contributed by atoms with Crippen LogP contribution in [0.1, 0.15) is 15.9 Å². The monoisotopic (exact) mass is 404 g/mol. The van der Waals surface area contributed by atoms with E-state index in [1.165, 1.54) is 30.5 Å². The van der Waals surface area contributed by atoms with Crippen molar-refractivity contribution in [3.05, 3.63) is 71.4 Å². The highest BCUT2D eigenvalue weighted by atomic mass is 19.3. The van der Waals surface area contributed by atoms with Gasteiger partial charge in [-0.1, -0.05) is 6.07 Å². The van der Waals surface area contributed by atoms with Gasteiger partial charge in [0.2, 0.25) is 0 Å². The molecule has 1 aliphatic rings. The molecule has 29 heavy (non-hydrogen) atoms. The fourth-order valence-corrected chi connectivity index (χ4v) is 2.91. The number of anilines is 1. The highest BCUT2D eigenvalue weighted by Crippen LogP contribution is 2.44. The third-order valence-corrected chi connectivity index (χ3v) is 4.24. The van der Waals surface area contributed by atoms with Crippen LogP contribution < -0.4 is 14.8 Å². The first-order chi connectivity index (χ1) is 13.7. The summed E-state index contributed by atoms with van der Waals surface area (Å²) in [4.78, 5) is 16.3. The van der Waals surface area contributed by atoms with Crippen LogP contribution >= 0.6 is 0 Å². The van der Waals surface area contributed by atoms with Crippen molar-refractivity contribution in [2.45, 2.75) is 13.2 Å². The fourth-order valence-electron chi connectivity index (χ4n) is 2.91. The zero-order valence-electron chi connectivity index (χ0n) is 14.8. The molecule has 1 amide bonds. The molecule has 0 aliphatic carbocycles. The first-order valence-corrected chi connectivity index (χ1v) is 8.36. The highest BCUT2D eigenvalue weighted by Gasteiger charge is 2.43. The summed E-state index contributed by atoms with van der Waals surface area (Å²) < 4.78 is 62.7. The third kappa shape index (κ3) is 3.58. The maximum Gasteiger partial charge on any atom is 0.586 e. The Labute approximate surface area is 161 Å². The van der Waals surface area contributed by atoms with Crippen molar-refractivity contribution in [3.8, 4) is 22.8 Å². The van der Waals surface area contributed by atoms with Gasteiger partial charge in [-0.2, -0.15) is 0 Å². The number of pyridine rings is 1. The van der Waals surface area contributed by atoms with Crippen molar-refractivity contribution in [2.75, 3.05) is 5.32 Å². The Kier molecular flexibility index (Phi) is 4.37. The Morgan fingerprint density at radius 1 is 1.03 bits per heavy atom. The number of hydrogen-bond donors (Lipinski definition) is 1. The second-order valence-electron chi connectivity index (χ2n) is 6.26. The smallest absolute Gasteiger partial charge is 0.395 e. The molecule has 1 N–H and O–H groups in total. The number of nitrogens with one attached hydrogen (secondary N) is 1. The summed E-state index contributed by atoms with van der Waals surface area (Å²) in [6, 6.07) is 8.89. The number of rotatable bonds is 3. The minimum absolute atomic E-state index is 0.0768. The predicted octanol–water partition coefficient (Wildman–Crippen LogP) is 4.91. The molecule has 2 heterocycles. The molecule has 1 aliphatic heterocycles. The van der Waals surface area contributed by atoms with Crippen molar-refractivity contribution in [2.24, 2.45) is 0 Å². The summed E-state index contributed by atoms with van der Waals surface area (Å²) in [7, 11) is 0. The largest absolute Gasteiger partial charge is 0.586 e. The maximum absolute atomic E-state index is 13.7. The van der Waals surface area contributed by atoms with Crippen molar-refractivity contribution < 1.29 is 31.8 Å². The van der Waals surface area contributed by atoms with E-state index in [0.29, 0.717) is 16.8 Å². The molecule has 2 aromatic carbocycles. The van der Waals surface area contributed by atoms with Crippen LogP contribution in [0.2, 0.25) is 0 Å². The first-order valence-electron chi connectivity index (χ1n) is 8.36. The number of alkyl halides is 2. The minimum Gasteiger partial charge on any atom is -0.395 e. The van der Waals surface area contributed by atoms with Crippen LogP contribution in [0.25, 0.3) is 11.3 Å². The molecule has 0 atom stereocenters. The van der Waals surface area contributed by atoms with Crippen LogP contribution in [0, 0.1) is 18.6 Å². The van der Waals surface area contributed by atoms with Crippen LogP contribution in [0.4, 0.5) is 23.2 Å². The predicted molar refractivity (Wildman–Crippen MR) is 94.9 cm³/mol. The first kappa shape index (κ1) is 18.7. The molecule has 0 unspecified atom stereocenters. The molecule has 0 bridgehead atoms. The van der Waals surface area contributed by atoms with Gasteiger partial charge in [0.05, 0.1) is 17.6 Å². The van der Waals surface area contributed by atoms with Gasteiger partial charge in [0.15, 0.2) is 11.5 Å². The SMILES string of the molecule is Cc1cc2c(cc1-c1ccc(NC(=O)c3c(F)cccc3F)cn1)OC(F)(F)O2. The molecular formula is C20H12F4N2O3. The zero-order chi connectivity index (χ0) is 20.8. The lowest BCUT2D eigenvalue weighted by atomic mass is 10.0. The molecule has 0 radical (unpaired) electrons. The molecule has 0 fully saturated rings. The Morgan fingerprint density at radius 2 is 1.69 bits per heavy atom. The van der Waals surface area contributed by atoms with E-state index < -0.39 is 29.4 Å². The van der Waals surface area contributed by atoms with E-state index in [0.717, 1.165) is 18.2 Å². The quantitative estimate of drug-likeness (QED) is 0.631. The Balaban J connectivity index is 1.57. The summed E-state index contributed by atoms with van der Waals surface area (Å²) in [5.41, 5.74) is 1.04. The number of carbonyl (C=O) groups is 1. The average molecular weight is 404 g/mol. The van der Waals surface area contributed by atoms with Crippen LogP contribution in [0.5, 0.6) is 11.5 Å². The fraction of sp³-hybridized carbons (Fsp3) is 0.100. The Hall–Kier alpha value is -3.62. The molecule has 0 spiro atoms. The number of aryl methyl sites for hydroxylation is 1. The normalized spacial score (nSPS) is 14.0. The van der Waals surface area contributed by atoms with Crippen LogP contribution in [-0.2, 0) is 0 Å². The van der Waals surface area contributed by atoms with Crippen LogP contribution in [0.15, 0.2) is 48.7 Å². The molecule has 5 nitrogen and oxygen atoms in total. The van der Waals surface area contributed by atoms with Gasteiger partial charge < -0.3 is 14.8 Å². The molecule has 148 valence electrons. The maximum atomic E-state index is 13.7. The Bertz CT molecular complexity index is 1100. The number of aromatic nitrogens is 1. The Morgan fingerprint density at radius 3 is 2.31 bits per heavy atom. The summed E-state index contributed by atoms with van der Waals surface area (Å²) >= 11 is 0. The molecule has 1 aromatic heterocycles. The zero-order valence-corrected chi connectivity index (χ0v) is 14.8. The minimum atomic E-state index is -3.73. The topological polar surface area (TPSA) is 60.5 Å². The number of amides is 1. The lowest BCUT2D eigenvalue weighted by Crippen LogP contribution is -2.25. The van der Waals surface area contributed by atoms with Crippen molar-refractivity contribution in [3.63, 3.8) is 0 Å². The molecule has 4 rings (SSSR count). The van der Waals surface area contributed by atoms with Gasteiger partial charge >= 0.3 is 6.29 Å². The number of ether oxygens (including phenoxy) is 2. The number of benzene rings is 2. The second kappa shape index (κ2) is 6.77. The number of nitrogens with zero attached hydrogens (tertiary/aromatic N) is 1. The van der Waals surface area contributed by atoms with E-state index in [1.54, 1.807) is 6.92 Å². The molecule has 0 saturated heterocycles. The van der Waals surface area contributed by atoms with Crippen molar-refractivity contribution in [1.82, 2.24) is 4.98 Å². The van der Waals surface area contributed by atoms with Gasteiger partial charge in [-0.3, -0.25) is 9.78 Å². The molecular weight excluding hydrogens is 392 g/mol. The van der Waals surface area contributed by atoms with Gasteiger partial charge in [0, 0.05) is 5.56 Å². The van der Waals surface area contributed by atoms with Gasteiger partial charge in [-0.05, 0) is 48.9 Å². The summed E-state index contributed by atoms with van der Waals surface area (Å²) in [5.74, 6) is -3.13. The third-order valence-electron chi connectivity index (χ3n) is 4.24. The average Bonchev–Trinajstić information content (AvgIpc) is 2.94. The van der Waals surface area contributed by atoms with E-state index in [9.17, 15) is 22.4 Å². The van der Waals surface area contributed by atoms with E-state index in [2.05, 4.69) is 19.8 Å². The van der Waals surface area contributed by atoms with Gasteiger partial charge in [0.1, 0.15) is 17.2 Å². The standard InChI is InChI=1S/C20H12F4N2O3/c1-10-7-16-17(29-20(23,24)28-16)8-12(10)15-6-5-11(9-25-15)26-19(27)18-13(21)3-2-4-14(18)22/h2-9H,1H3,(H,26,27). The number of hydrogen-bond acceptors (Lipinski definition) is 4. The van der Waals surface area contributed by atoms with Crippen molar-refractivity contribution in [1.29, 1.82) is 0 Å². The van der Waals surface area contributed by atoms with Crippen molar-refractivity contribution >= 4 is 11.6 Å². The summed E-state index contributed by atoms with van der Waals surface area (Å²) in [6.07, 6.45) is -2.44. The lowest BCUT2D eigenvalue weighted by molar-refractivity contribution is -0.286. The number of halogens is 4. The molecule has 9 heteroatoms. The van der Waals surface area contributed by atoms with E-state index in [1.807, 2.05) is 0 Å². The van der Waals surface area contributed by atoms with Gasteiger partial charge in [-0.15, -0.1) is 8.78 Å². The van der Waals surface area contributed by atoms with Crippen LogP contribution in [-0.4, -0.2) is 17.2 Å². The van der Waals surface area contributed by atoms with E-state index in [-0.39, 0.29) is 17.2 Å².